The molecule has 2 N–H and O–H groups in total. The fourth-order valence-corrected chi connectivity index (χ4v) is 5.87. The van der Waals surface area contributed by atoms with Crippen molar-refractivity contribution in [3.8, 4) is 5.75 Å². The standard InChI is InChI=1S/C30H37NO5/c1-7-30(6)25(29(34)35-17(2)3)24(23(28(32)33)19(5)31-30)22-15-11-14-21-16-18(4)26(36-27(21)22)20-12-9-8-10-13-20/h8-15,17-18,24-26,31H,7,16H2,1-6H3,(H,32,33). The van der Waals surface area contributed by atoms with Gasteiger partial charge in [-0.1, -0.05) is 62.4 Å². The van der Waals surface area contributed by atoms with Crippen molar-refractivity contribution in [3.05, 3.63) is 76.5 Å². The number of rotatable bonds is 6. The highest BCUT2D eigenvalue weighted by Gasteiger charge is 2.52. The van der Waals surface area contributed by atoms with Gasteiger partial charge in [0.15, 0.2) is 0 Å². The lowest BCUT2D eigenvalue weighted by Crippen LogP contribution is -2.57. The van der Waals surface area contributed by atoms with E-state index in [1.54, 1.807) is 6.92 Å². The van der Waals surface area contributed by atoms with Crippen LogP contribution in [0.25, 0.3) is 0 Å². The van der Waals surface area contributed by atoms with Gasteiger partial charge in [-0.25, -0.2) is 4.79 Å². The smallest absolute Gasteiger partial charge is 0.333 e. The summed E-state index contributed by atoms with van der Waals surface area (Å²) in [6, 6.07) is 16.0. The molecule has 0 saturated carbocycles. The molecule has 0 radical (unpaired) electrons. The van der Waals surface area contributed by atoms with Gasteiger partial charge in [0, 0.05) is 28.6 Å². The lowest BCUT2D eigenvalue weighted by atomic mass is 9.66. The van der Waals surface area contributed by atoms with Gasteiger partial charge >= 0.3 is 11.9 Å². The zero-order valence-corrected chi connectivity index (χ0v) is 22.0. The monoisotopic (exact) mass is 491 g/mol. The molecule has 0 aliphatic carbocycles. The van der Waals surface area contributed by atoms with Crippen LogP contribution < -0.4 is 10.1 Å². The minimum atomic E-state index is -1.05. The SMILES string of the molecule is CCC1(C)NC(C)=C(C(=O)O)C(c2cccc3c2OC(c2ccccc2)C(C)C3)C1C(=O)OC(C)C. The molecule has 6 nitrogen and oxygen atoms in total. The third-order valence-electron chi connectivity index (χ3n) is 7.67. The molecule has 0 aromatic heterocycles. The van der Waals surface area contributed by atoms with E-state index in [0.717, 1.165) is 23.1 Å². The molecular formula is C30H37NO5. The molecule has 2 aliphatic rings. The number of aliphatic carboxylic acids is 1. The molecule has 0 spiro atoms. The van der Waals surface area contributed by atoms with Gasteiger partial charge in [0.1, 0.15) is 11.9 Å². The molecule has 5 unspecified atom stereocenters. The number of hydrogen-bond acceptors (Lipinski definition) is 5. The van der Waals surface area contributed by atoms with Crippen molar-refractivity contribution >= 4 is 11.9 Å². The number of carbonyl (C=O) groups excluding carboxylic acids is 1. The first-order valence-electron chi connectivity index (χ1n) is 12.8. The Morgan fingerprint density at radius 3 is 2.47 bits per heavy atom. The van der Waals surface area contributed by atoms with Gasteiger partial charge in [-0.2, -0.15) is 0 Å². The number of hydrogen-bond donors (Lipinski definition) is 2. The lowest BCUT2D eigenvalue weighted by Gasteiger charge is -2.47. The van der Waals surface area contributed by atoms with Crippen molar-refractivity contribution in [2.24, 2.45) is 11.8 Å². The average molecular weight is 492 g/mol. The van der Waals surface area contributed by atoms with E-state index in [1.165, 1.54) is 0 Å². The van der Waals surface area contributed by atoms with Crippen LogP contribution in [0.15, 0.2) is 59.8 Å². The summed E-state index contributed by atoms with van der Waals surface area (Å²) in [7, 11) is 0. The van der Waals surface area contributed by atoms with Gasteiger partial charge < -0.3 is 19.9 Å². The summed E-state index contributed by atoms with van der Waals surface area (Å²) in [4.78, 5) is 26.3. The van der Waals surface area contributed by atoms with Gasteiger partial charge in [0.25, 0.3) is 0 Å². The molecule has 2 heterocycles. The summed E-state index contributed by atoms with van der Waals surface area (Å²) in [6.07, 6.45) is 0.929. The fourth-order valence-electron chi connectivity index (χ4n) is 5.87. The molecule has 6 heteroatoms. The Hall–Kier alpha value is -3.28. The number of benzene rings is 2. The quantitative estimate of drug-likeness (QED) is 0.498. The summed E-state index contributed by atoms with van der Waals surface area (Å²) in [5, 5.41) is 13.7. The minimum absolute atomic E-state index is 0.168. The van der Waals surface area contributed by atoms with Crippen LogP contribution in [0.5, 0.6) is 5.75 Å². The summed E-state index contributed by atoms with van der Waals surface area (Å²) in [6.45, 7) is 11.5. The van der Waals surface area contributed by atoms with E-state index in [1.807, 2.05) is 64.1 Å². The van der Waals surface area contributed by atoms with E-state index < -0.39 is 29.3 Å². The maximum absolute atomic E-state index is 13.6. The fraction of sp³-hybridized carbons (Fsp3) is 0.467. The number of para-hydroxylation sites is 1. The van der Waals surface area contributed by atoms with Crippen LogP contribution in [0.2, 0.25) is 0 Å². The number of nitrogens with one attached hydrogen (secondary N) is 1. The third-order valence-corrected chi connectivity index (χ3v) is 7.67. The maximum atomic E-state index is 13.6. The summed E-state index contributed by atoms with van der Waals surface area (Å²) in [5.74, 6) is -2.00. The van der Waals surface area contributed by atoms with Crippen LogP contribution in [-0.4, -0.2) is 28.7 Å². The molecule has 0 amide bonds. The van der Waals surface area contributed by atoms with Crippen LogP contribution in [0.4, 0.5) is 0 Å². The predicted octanol–water partition coefficient (Wildman–Crippen LogP) is 5.78. The van der Waals surface area contributed by atoms with Gasteiger partial charge in [0.2, 0.25) is 0 Å². The second kappa shape index (κ2) is 10.00. The molecular weight excluding hydrogens is 454 g/mol. The van der Waals surface area contributed by atoms with E-state index in [9.17, 15) is 14.7 Å². The van der Waals surface area contributed by atoms with Gasteiger partial charge in [0.05, 0.1) is 17.6 Å². The molecule has 36 heavy (non-hydrogen) atoms. The molecule has 2 aliphatic heterocycles. The lowest BCUT2D eigenvalue weighted by molar-refractivity contribution is -0.156. The van der Waals surface area contributed by atoms with Crippen molar-refractivity contribution in [2.45, 2.75) is 78.0 Å². The van der Waals surface area contributed by atoms with E-state index >= 15 is 0 Å². The van der Waals surface area contributed by atoms with E-state index in [-0.39, 0.29) is 23.7 Å². The largest absolute Gasteiger partial charge is 0.485 e. The summed E-state index contributed by atoms with van der Waals surface area (Å²) in [5.41, 5.74) is 2.88. The van der Waals surface area contributed by atoms with Crippen LogP contribution in [-0.2, 0) is 20.7 Å². The van der Waals surface area contributed by atoms with Gasteiger partial charge in [-0.05, 0) is 51.7 Å². The predicted molar refractivity (Wildman–Crippen MR) is 139 cm³/mol. The molecule has 0 fully saturated rings. The van der Waals surface area contributed by atoms with Crippen LogP contribution >= 0.6 is 0 Å². The summed E-state index contributed by atoms with van der Waals surface area (Å²) < 4.78 is 12.4. The second-order valence-electron chi connectivity index (χ2n) is 10.6. The van der Waals surface area contributed by atoms with Gasteiger partial charge in [-0.15, -0.1) is 0 Å². The molecule has 0 bridgehead atoms. The van der Waals surface area contributed by atoms with Crippen molar-refractivity contribution in [1.82, 2.24) is 5.32 Å². The number of esters is 1. The van der Waals surface area contributed by atoms with Crippen molar-refractivity contribution < 1.29 is 24.2 Å². The number of fused-ring (bicyclic) bond motifs is 1. The van der Waals surface area contributed by atoms with Crippen LogP contribution in [0.3, 0.4) is 0 Å². The zero-order chi connectivity index (χ0) is 26.2. The van der Waals surface area contributed by atoms with E-state index in [2.05, 4.69) is 24.4 Å². The Morgan fingerprint density at radius 2 is 1.86 bits per heavy atom. The Bertz CT molecular complexity index is 1170. The first-order chi connectivity index (χ1) is 17.1. The van der Waals surface area contributed by atoms with E-state index in [0.29, 0.717) is 17.9 Å². The van der Waals surface area contributed by atoms with Crippen molar-refractivity contribution in [1.29, 1.82) is 0 Å². The molecule has 0 saturated heterocycles. The topological polar surface area (TPSA) is 84.9 Å². The maximum Gasteiger partial charge on any atom is 0.333 e. The molecule has 192 valence electrons. The Morgan fingerprint density at radius 1 is 1.17 bits per heavy atom. The van der Waals surface area contributed by atoms with Gasteiger partial charge in [-0.3, -0.25) is 4.79 Å². The van der Waals surface area contributed by atoms with Crippen LogP contribution in [0.1, 0.15) is 76.7 Å². The molecule has 2 aromatic rings. The van der Waals surface area contributed by atoms with E-state index in [4.69, 9.17) is 9.47 Å². The molecule has 4 rings (SSSR count). The first-order valence-corrected chi connectivity index (χ1v) is 12.8. The van der Waals surface area contributed by atoms with Crippen molar-refractivity contribution in [2.75, 3.05) is 0 Å². The first kappa shape index (κ1) is 25.8. The van der Waals surface area contributed by atoms with Crippen LogP contribution in [0, 0.1) is 11.8 Å². The summed E-state index contributed by atoms with van der Waals surface area (Å²) >= 11 is 0. The Labute approximate surface area is 213 Å². The molecule has 2 aromatic carbocycles. The highest BCUT2D eigenvalue weighted by molar-refractivity contribution is 5.92. The normalized spacial score (nSPS) is 27.6. The van der Waals surface area contributed by atoms with Crippen molar-refractivity contribution in [3.63, 3.8) is 0 Å². The number of ether oxygens (including phenoxy) is 2. The highest BCUT2D eigenvalue weighted by Crippen LogP contribution is 2.51. The average Bonchev–Trinajstić information content (AvgIpc) is 2.82. The number of allylic oxidation sites excluding steroid dienone is 1. The number of carboxylic acids is 1. The molecule has 5 atom stereocenters. The number of carboxylic acid groups (broad SMARTS) is 1. The Balaban J connectivity index is 1.91. The second-order valence-corrected chi connectivity index (χ2v) is 10.6. The zero-order valence-electron chi connectivity index (χ0n) is 22.0. The Kier molecular flexibility index (Phi) is 7.17. The third kappa shape index (κ3) is 4.61. The minimum Gasteiger partial charge on any atom is -0.485 e. The highest BCUT2D eigenvalue weighted by atomic mass is 16.5. The number of carbonyl (C=O) groups is 2.